The van der Waals surface area contributed by atoms with Crippen LogP contribution in [-0.4, -0.2) is 27.2 Å². The third kappa shape index (κ3) is 6.26. The second-order valence-electron chi connectivity index (χ2n) is 6.88. The predicted octanol–water partition coefficient (Wildman–Crippen LogP) is 5.12. The molecule has 0 aromatic heterocycles. The second kappa shape index (κ2) is 10.9. The lowest BCUT2D eigenvalue weighted by Crippen LogP contribution is -2.27. The number of carbonyl (C=O) groups is 1. The molecule has 1 unspecified atom stereocenters. The van der Waals surface area contributed by atoms with E-state index in [1.165, 1.54) is 30.0 Å². The second-order valence-corrected chi connectivity index (χ2v) is 9.85. The third-order valence-corrected chi connectivity index (χ3v) is 7.21. The average molecular weight is 491 g/mol. The molecule has 6 nitrogen and oxygen atoms in total. The van der Waals surface area contributed by atoms with E-state index in [1.807, 2.05) is 54.8 Å². The van der Waals surface area contributed by atoms with Crippen molar-refractivity contribution in [1.82, 2.24) is 4.72 Å². The van der Waals surface area contributed by atoms with Gasteiger partial charge in [-0.2, -0.15) is 0 Å². The molecular weight excluding hydrogens is 468 g/mol. The largest absolute Gasteiger partial charge is 0.482 e. The van der Waals surface area contributed by atoms with Crippen LogP contribution in [0.4, 0.5) is 5.69 Å². The Morgan fingerprint density at radius 1 is 1.06 bits per heavy atom. The fraction of sp³-hybridized carbons (Fsp3) is 0.174. The molecular formula is C23H23ClN2O4S2. The van der Waals surface area contributed by atoms with Crippen LogP contribution in [0.2, 0.25) is 5.02 Å². The normalized spacial score (nSPS) is 12.2. The maximum atomic E-state index is 12.7. The van der Waals surface area contributed by atoms with Gasteiger partial charge in [0, 0.05) is 10.9 Å². The number of halogens is 1. The van der Waals surface area contributed by atoms with E-state index in [-0.39, 0.29) is 28.2 Å². The molecule has 1 amide bonds. The summed E-state index contributed by atoms with van der Waals surface area (Å²) < 4.78 is 33.6. The van der Waals surface area contributed by atoms with E-state index in [0.29, 0.717) is 5.69 Å². The van der Waals surface area contributed by atoms with Crippen LogP contribution in [0, 0.1) is 0 Å². The molecule has 1 atom stereocenters. The Balaban J connectivity index is 1.63. The summed E-state index contributed by atoms with van der Waals surface area (Å²) in [4.78, 5) is 13.2. The number of para-hydroxylation sites is 1. The summed E-state index contributed by atoms with van der Waals surface area (Å²) in [5.74, 6) is -0.132. The van der Waals surface area contributed by atoms with E-state index in [2.05, 4.69) is 10.0 Å². The van der Waals surface area contributed by atoms with E-state index < -0.39 is 16.1 Å². The maximum Gasteiger partial charge on any atom is 0.262 e. The van der Waals surface area contributed by atoms with Gasteiger partial charge in [-0.1, -0.05) is 54.1 Å². The number of thioether (sulfide) groups is 1. The Hall–Kier alpha value is -2.52. The molecule has 3 aromatic carbocycles. The van der Waals surface area contributed by atoms with Crippen LogP contribution >= 0.6 is 23.4 Å². The minimum atomic E-state index is -3.80. The van der Waals surface area contributed by atoms with Crippen LogP contribution in [0.5, 0.6) is 5.75 Å². The molecule has 3 aromatic rings. The first-order valence-corrected chi connectivity index (χ1v) is 12.8. The number of rotatable bonds is 9. The van der Waals surface area contributed by atoms with E-state index in [0.717, 1.165) is 10.5 Å². The summed E-state index contributed by atoms with van der Waals surface area (Å²) >= 11 is 7.75. The Bertz CT molecular complexity index is 1190. The van der Waals surface area contributed by atoms with E-state index in [4.69, 9.17) is 16.3 Å². The van der Waals surface area contributed by atoms with E-state index in [1.54, 1.807) is 13.0 Å². The van der Waals surface area contributed by atoms with Crippen LogP contribution in [0.1, 0.15) is 18.5 Å². The smallest absolute Gasteiger partial charge is 0.262 e. The number of anilines is 1. The van der Waals surface area contributed by atoms with Crippen molar-refractivity contribution in [1.29, 1.82) is 0 Å². The fourth-order valence-electron chi connectivity index (χ4n) is 2.95. The van der Waals surface area contributed by atoms with E-state index in [9.17, 15) is 13.2 Å². The molecule has 0 spiro atoms. The summed E-state index contributed by atoms with van der Waals surface area (Å²) in [6, 6.07) is 20.4. The Kier molecular flexibility index (Phi) is 8.20. The molecule has 0 saturated heterocycles. The highest BCUT2D eigenvalue weighted by Gasteiger charge is 2.20. The van der Waals surface area contributed by atoms with Gasteiger partial charge in [0.2, 0.25) is 10.0 Å². The topological polar surface area (TPSA) is 84.5 Å². The Morgan fingerprint density at radius 3 is 2.44 bits per heavy atom. The molecule has 2 N–H and O–H groups in total. The monoisotopic (exact) mass is 490 g/mol. The van der Waals surface area contributed by atoms with Crippen molar-refractivity contribution in [2.45, 2.75) is 22.8 Å². The highest BCUT2D eigenvalue weighted by Crippen LogP contribution is 2.29. The lowest BCUT2D eigenvalue weighted by molar-refractivity contribution is -0.118. The van der Waals surface area contributed by atoms with Gasteiger partial charge in [-0.15, -0.1) is 11.8 Å². The van der Waals surface area contributed by atoms with Crippen molar-refractivity contribution in [2.75, 3.05) is 18.2 Å². The molecule has 3 rings (SSSR count). The Morgan fingerprint density at radius 2 is 1.75 bits per heavy atom. The summed E-state index contributed by atoms with van der Waals surface area (Å²) in [5.41, 5.74) is 1.54. The minimum Gasteiger partial charge on any atom is -0.482 e. The van der Waals surface area contributed by atoms with Crippen molar-refractivity contribution < 1.29 is 17.9 Å². The van der Waals surface area contributed by atoms with E-state index >= 15 is 0 Å². The van der Waals surface area contributed by atoms with Gasteiger partial charge in [-0.05, 0) is 49.1 Å². The van der Waals surface area contributed by atoms with Crippen molar-refractivity contribution >= 4 is 45.0 Å². The zero-order chi connectivity index (χ0) is 23.1. The van der Waals surface area contributed by atoms with Crippen LogP contribution < -0.4 is 14.8 Å². The molecule has 9 heteroatoms. The first kappa shape index (κ1) is 24.1. The number of ether oxygens (including phenoxy) is 1. The molecule has 0 aliphatic heterocycles. The number of hydrogen-bond acceptors (Lipinski definition) is 5. The standard InChI is InChI=1S/C23H23ClN2O4S2/c1-16(17-8-4-3-5-9-17)26-32(28,29)18-12-13-21(19(24)14-18)30-15-23(27)25-20-10-6-7-11-22(20)31-2/h3-14,16,26H,15H2,1-2H3,(H,25,27). The van der Waals surface area contributed by atoms with Gasteiger partial charge in [0.1, 0.15) is 5.75 Å². The molecule has 168 valence electrons. The molecule has 0 heterocycles. The number of sulfonamides is 1. The zero-order valence-electron chi connectivity index (χ0n) is 17.5. The molecule has 0 radical (unpaired) electrons. The fourth-order valence-corrected chi connectivity index (χ4v) is 5.07. The van der Waals surface area contributed by atoms with Gasteiger partial charge < -0.3 is 10.1 Å². The predicted molar refractivity (Wildman–Crippen MR) is 129 cm³/mol. The minimum absolute atomic E-state index is 0.0102. The summed E-state index contributed by atoms with van der Waals surface area (Å²) in [6.45, 7) is 1.50. The quantitative estimate of drug-likeness (QED) is 0.407. The van der Waals surface area contributed by atoms with Crippen LogP contribution in [0.3, 0.4) is 0 Å². The van der Waals surface area contributed by atoms with Crippen LogP contribution in [-0.2, 0) is 14.8 Å². The average Bonchev–Trinajstić information content (AvgIpc) is 2.79. The lowest BCUT2D eigenvalue weighted by atomic mass is 10.1. The molecule has 0 aliphatic rings. The van der Waals surface area contributed by atoms with Gasteiger partial charge >= 0.3 is 0 Å². The highest BCUT2D eigenvalue weighted by molar-refractivity contribution is 7.98. The van der Waals surface area contributed by atoms with Crippen molar-refractivity contribution in [3.8, 4) is 5.75 Å². The van der Waals surface area contributed by atoms with Gasteiger partial charge in [0.25, 0.3) is 5.91 Å². The maximum absolute atomic E-state index is 12.7. The SMILES string of the molecule is CSc1ccccc1NC(=O)COc1ccc(S(=O)(=O)NC(C)c2ccccc2)cc1Cl. The first-order chi connectivity index (χ1) is 15.3. The van der Waals surface area contributed by atoms with Crippen LogP contribution in [0.25, 0.3) is 0 Å². The number of benzene rings is 3. The lowest BCUT2D eigenvalue weighted by Gasteiger charge is -2.15. The third-order valence-electron chi connectivity index (χ3n) is 4.58. The molecule has 0 aliphatic carbocycles. The van der Waals surface area contributed by atoms with Gasteiger partial charge in [-0.3, -0.25) is 4.79 Å². The van der Waals surface area contributed by atoms with Crippen LogP contribution in [0.15, 0.2) is 82.6 Å². The number of nitrogens with one attached hydrogen (secondary N) is 2. The number of amides is 1. The van der Waals surface area contributed by atoms with Gasteiger partial charge in [-0.25, -0.2) is 13.1 Å². The highest BCUT2D eigenvalue weighted by atomic mass is 35.5. The first-order valence-electron chi connectivity index (χ1n) is 9.72. The molecule has 0 bridgehead atoms. The Labute approximate surface area is 197 Å². The summed E-state index contributed by atoms with van der Waals surface area (Å²) in [5, 5.41) is 2.89. The van der Waals surface area contributed by atoms with Gasteiger partial charge in [0.15, 0.2) is 6.61 Å². The number of carbonyl (C=O) groups excluding carboxylic acids is 1. The van der Waals surface area contributed by atoms with Crippen molar-refractivity contribution in [3.63, 3.8) is 0 Å². The van der Waals surface area contributed by atoms with Gasteiger partial charge in [0.05, 0.1) is 15.6 Å². The van der Waals surface area contributed by atoms with Crippen molar-refractivity contribution in [3.05, 3.63) is 83.4 Å². The molecule has 0 saturated carbocycles. The van der Waals surface area contributed by atoms with Crippen molar-refractivity contribution in [2.24, 2.45) is 0 Å². The molecule has 32 heavy (non-hydrogen) atoms. The number of hydrogen-bond donors (Lipinski definition) is 2. The zero-order valence-corrected chi connectivity index (χ0v) is 19.9. The summed E-state index contributed by atoms with van der Waals surface area (Å²) in [6.07, 6.45) is 1.92. The molecule has 0 fully saturated rings. The summed E-state index contributed by atoms with van der Waals surface area (Å²) in [7, 11) is -3.80.